The van der Waals surface area contributed by atoms with Crippen LogP contribution >= 0.6 is 11.3 Å². The van der Waals surface area contributed by atoms with Gasteiger partial charge in [-0.25, -0.2) is 8.42 Å². The SMILES string of the molecule is O=c1[nH]c(O)c(C2CCCN2S(=O)(=O)c2ccccc2)s1. The number of aromatic nitrogens is 1. The van der Waals surface area contributed by atoms with E-state index in [0.717, 1.165) is 11.3 Å². The molecule has 0 radical (unpaired) electrons. The lowest BCUT2D eigenvalue weighted by Crippen LogP contribution is -2.30. The minimum atomic E-state index is -3.63. The summed E-state index contributed by atoms with van der Waals surface area (Å²) in [4.78, 5) is 13.8. The summed E-state index contributed by atoms with van der Waals surface area (Å²) in [6, 6.07) is 7.70. The molecule has 8 heteroatoms. The topological polar surface area (TPSA) is 90.5 Å². The third-order valence-electron chi connectivity index (χ3n) is 3.51. The average molecular weight is 326 g/mol. The molecule has 1 aromatic carbocycles. The van der Waals surface area contributed by atoms with E-state index in [2.05, 4.69) is 4.98 Å². The summed E-state index contributed by atoms with van der Waals surface area (Å²) in [5, 5.41) is 9.78. The number of aromatic amines is 1. The van der Waals surface area contributed by atoms with Crippen molar-refractivity contribution in [3.8, 4) is 5.88 Å². The Labute approximate surface area is 125 Å². The molecule has 0 amide bonds. The Morgan fingerprint density at radius 1 is 1.29 bits per heavy atom. The van der Waals surface area contributed by atoms with Gasteiger partial charge in [0.1, 0.15) is 0 Å². The van der Waals surface area contributed by atoms with Crippen molar-refractivity contribution in [1.82, 2.24) is 9.29 Å². The van der Waals surface area contributed by atoms with Crippen molar-refractivity contribution < 1.29 is 13.5 Å². The minimum absolute atomic E-state index is 0.222. The molecule has 0 spiro atoms. The maximum atomic E-state index is 12.7. The van der Waals surface area contributed by atoms with E-state index in [1.54, 1.807) is 30.3 Å². The smallest absolute Gasteiger partial charge is 0.307 e. The van der Waals surface area contributed by atoms with E-state index in [4.69, 9.17) is 0 Å². The Morgan fingerprint density at radius 2 is 2.00 bits per heavy atom. The molecule has 1 unspecified atom stereocenters. The molecule has 0 aliphatic carbocycles. The number of rotatable bonds is 3. The summed E-state index contributed by atoms with van der Waals surface area (Å²) >= 11 is 0.859. The fourth-order valence-electron chi connectivity index (χ4n) is 2.58. The van der Waals surface area contributed by atoms with Crippen LogP contribution in [0.1, 0.15) is 23.8 Å². The first-order valence-electron chi connectivity index (χ1n) is 6.49. The molecule has 0 bridgehead atoms. The minimum Gasteiger partial charge on any atom is -0.494 e. The Balaban J connectivity index is 2.02. The lowest BCUT2D eigenvalue weighted by Gasteiger charge is -2.23. The fraction of sp³-hybridized carbons (Fsp3) is 0.308. The van der Waals surface area contributed by atoms with Crippen molar-refractivity contribution >= 4 is 21.4 Å². The third-order valence-corrected chi connectivity index (χ3v) is 6.41. The van der Waals surface area contributed by atoms with Gasteiger partial charge < -0.3 is 5.11 Å². The molecule has 3 rings (SSSR count). The maximum Gasteiger partial charge on any atom is 0.307 e. The van der Waals surface area contributed by atoms with Gasteiger partial charge in [-0.05, 0) is 25.0 Å². The van der Waals surface area contributed by atoms with Crippen molar-refractivity contribution in [1.29, 1.82) is 0 Å². The van der Waals surface area contributed by atoms with E-state index < -0.39 is 16.1 Å². The molecule has 2 N–H and O–H groups in total. The Morgan fingerprint density at radius 3 is 2.62 bits per heavy atom. The zero-order valence-electron chi connectivity index (χ0n) is 11.0. The zero-order chi connectivity index (χ0) is 15.0. The number of sulfonamides is 1. The molecular weight excluding hydrogens is 312 g/mol. The van der Waals surface area contributed by atoms with Gasteiger partial charge in [-0.15, -0.1) is 0 Å². The van der Waals surface area contributed by atoms with Crippen LogP contribution in [0.25, 0.3) is 0 Å². The van der Waals surface area contributed by atoms with Gasteiger partial charge in [-0.1, -0.05) is 29.5 Å². The van der Waals surface area contributed by atoms with Gasteiger partial charge >= 0.3 is 4.87 Å². The van der Waals surface area contributed by atoms with Crippen LogP contribution in [0.2, 0.25) is 0 Å². The molecule has 1 fully saturated rings. The van der Waals surface area contributed by atoms with Crippen molar-refractivity contribution in [3.05, 3.63) is 44.9 Å². The van der Waals surface area contributed by atoms with Crippen molar-refractivity contribution in [2.24, 2.45) is 0 Å². The number of nitrogens with one attached hydrogen (secondary N) is 1. The highest BCUT2D eigenvalue weighted by Gasteiger charge is 2.38. The highest BCUT2D eigenvalue weighted by atomic mass is 32.2. The molecule has 112 valence electrons. The van der Waals surface area contributed by atoms with E-state index in [1.165, 1.54) is 4.31 Å². The Hall–Kier alpha value is -1.64. The summed E-state index contributed by atoms with van der Waals surface area (Å²) in [5.74, 6) is -0.231. The maximum absolute atomic E-state index is 12.7. The highest BCUT2D eigenvalue weighted by molar-refractivity contribution is 7.89. The average Bonchev–Trinajstić information content (AvgIpc) is 3.06. The summed E-state index contributed by atoms with van der Waals surface area (Å²) in [7, 11) is -3.63. The number of benzene rings is 1. The molecule has 6 nitrogen and oxygen atoms in total. The van der Waals surface area contributed by atoms with Gasteiger partial charge in [0.2, 0.25) is 15.9 Å². The molecule has 1 atom stereocenters. The van der Waals surface area contributed by atoms with Gasteiger partial charge in [0.25, 0.3) is 0 Å². The van der Waals surface area contributed by atoms with Crippen LogP contribution < -0.4 is 4.87 Å². The van der Waals surface area contributed by atoms with Gasteiger partial charge in [-0.3, -0.25) is 9.78 Å². The summed E-state index contributed by atoms with van der Waals surface area (Å²) < 4.78 is 26.8. The highest BCUT2D eigenvalue weighted by Crippen LogP contribution is 2.40. The summed E-state index contributed by atoms with van der Waals surface area (Å²) in [6.07, 6.45) is 1.29. The van der Waals surface area contributed by atoms with Gasteiger partial charge in [0.05, 0.1) is 15.8 Å². The second-order valence-electron chi connectivity index (χ2n) is 4.81. The number of hydrogen-bond donors (Lipinski definition) is 2. The third kappa shape index (κ3) is 2.50. The molecular formula is C13H14N2O4S2. The largest absolute Gasteiger partial charge is 0.494 e. The van der Waals surface area contributed by atoms with Crippen molar-refractivity contribution in [2.75, 3.05) is 6.54 Å². The zero-order valence-corrected chi connectivity index (χ0v) is 12.7. The lowest BCUT2D eigenvalue weighted by molar-refractivity contribution is 0.381. The molecule has 2 aromatic rings. The monoisotopic (exact) mass is 326 g/mol. The molecule has 1 aliphatic heterocycles. The Bertz CT molecular complexity index is 795. The number of nitrogens with zero attached hydrogens (tertiary/aromatic N) is 1. The predicted octanol–water partition coefficient (Wildman–Crippen LogP) is 1.67. The summed E-state index contributed by atoms with van der Waals surface area (Å²) in [5.41, 5.74) is 0. The van der Waals surface area contributed by atoms with Crippen LogP contribution in [0.3, 0.4) is 0 Å². The number of H-pyrrole nitrogens is 1. The van der Waals surface area contributed by atoms with Crippen LogP contribution in [0.5, 0.6) is 5.88 Å². The number of thiazole rings is 1. The molecule has 1 aliphatic rings. The van der Waals surface area contributed by atoms with Crippen LogP contribution in [0.15, 0.2) is 40.0 Å². The number of hydrogen-bond acceptors (Lipinski definition) is 5. The number of aromatic hydroxyl groups is 1. The molecule has 2 heterocycles. The van der Waals surface area contributed by atoms with E-state index in [9.17, 15) is 18.3 Å². The van der Waals surface area contributed by atoms with Crippen LogP contribution in [0.4, 0.5) is 0 Å². The van der Waals surface area contributed by atoms with E-state index in [-0.39, 0.29) is 15.6 Å². The van der Waals surface area contributed by atoms with Crippen LogP contribution in [0, 0.1) is 0 Å². The van der Waals surface area contributed by atoms with E-state index in [0.29, 0.717) is 24.3 Å². The first-order valence-corrected chi connectivity index (χ1v) is 8.74. The van der Waals surface area contributed by atoms with E-state index in [1.807, 2.05) is 0 Å². The normalized spacial score (nSPS) is 19.9. The fourth-order valence-corrected chi connectivity index (χ4v) is 5.21. The molecule has 0 saturated carbocycles. The van der Waals surface area contributed by atoms with Crippen LogP contribution in [-0.4, -0.2) is 29.4 Å². The van der Waals surface area contributed by atoms with Crippen molar-refractivity contribution in [2.45, 2.75) is 23.8 Å². The van der Waals surface area contributed by atoms with Gasteiger partial charge in [-0.2, -0.15) is 4.31 Å². The molecule has 1 saturated heterocycles. The van der Waals surface area contributed by atoms with Gasteiger partial charge in [0, 0.05) is 6.54 Å². The first kappa shape index (κ1) is 14.3. The quantitative estimate of drug-likeness (QED) is 0.897. The van der Waals surface area contributed by atoms with Crippen LogP contribution in [-0.2, 0) is 10.0 Å². The van der Waals surface area contributed by atoms with Crippen molar-refractivity contribution in [3.63, 3.8) is 0 Å². The molecule has 1 aromatic heterocycles. The van der Waals surface area contributed by atoms with E-state index >= 15 is 0 Å². The standard InChI is InChI=1S/C13H14N2O4S2/c16-12-11(20-13(17)14-12)10-7-4-8-15(10)21(18,19)9-5-2-1-3-6-9/h1-3,5-6,10,16H,4,7-8H2,(H,14,17). The molecule has 21 heavy (non-hydrogen) atoms. The van der Waals surface area contributed by atoms with Gasteiger partial charge in [0.15, 0.2) is 0 Å². The Kier molecular flexibility index (Phi) is 3.60. The lowest BCUT2D eigenvalue weighted by atomic mass is 10.2. The second-order valence-corrected chi connectivity index (χ2v) is 7.72. The predicted molar refractivity (Wildman–Crippen MR) is 78.9 cm³/mol. The summed E-state index contributed by atoms with van der Waals surface area (Å²) in [6.45, 7) is 0.382. The first-order chi connectivity index (χ1) is 10.00. The second kappa shape index (κ2) is 5.28.